The first-order valence-electron chi connectivity index (χ1n) is 11.9. The van der Waals surface area contributed by atoms with Crippen molar-refractivity contribution < 1.29 is 18.7 Å². The second kappa shape index (κ2) is 10.9. The van der Waals surface area contributed by atoms with Crippen LogP contribution in [0.25, 0.3) is 0 Å². The van der Waals surface area contributed by atoms with Crippen molar-refractivity contribution in [2.75, 3.05) is 26.2 Å². The normalized spacial score (nSPS) is 21.5. The molecule has 3 heterocycles. The molecule has 1 aromatic carbocycles. The van der Waals surface area contributed by atoms with Crippen molar-refractivity contribution in [1.29, 1.82) is 0 Å². The molecule has 6 nitrogen and oxygen atoms in total. The fourth-order valence-corrected chi connectivity index (χ4v) is 5.11. The number of piperazine rings is 1. The summed E-state index contributed by atoms with van der Waals surface area (Å²) in [7, 11) is 0. The molecule has 0 bridgehead atoms. The third kappa shape index (κ3) is 5.82. The van der Waals surface area contributed by atoms with E-state index in [1.165, 1.54) is 12.3 Å². The lowest BCUT2D eigenvalue weighted by Crippen LogP contribution is -2.56. The molecular formula is C26H31ClFN3O3. The van der Waals surface area contributed by atoms with Gasteiger partial charge >= 0.3 is 0 Å². The van der Waals surface area contributed by atoms with Gasteiger partial charge < -0.3 is 9.64 Å². The summed E-state index contributed by atoms with van der Waals surface area (Å²) < 4.78 is 19.2. The van der Waals surface area contributed by atoms with Gasteiger partial charge in [-0.05, 0) is 68.0 Å². The van der Waals surface area contributed by atoms with E-state index in [0.29, 0.717) is 24.7 Å². The highest BCUT2D eigenvalue weighted by molar-refractivity contribution is 6.30. The number of benzene rings is 1. The molecule has 2 atom stereocenters. The summed E-state index contributed by atoms with van der Waals surface area (Å²) in [5.74, 6) is -0.622. The van der Waals surface area contributed by atoms with Crippen molar-refractivity contribution in [2.24, 2.45) is 0 Å². The van der Waals surface area contributed by atoms with Gasteiger partial charge in [-0.3, -0.25) is 19.5 Å². The zero-order chi connectivity index (χ0) is 24.2. The SMILES string of the molecule is Cc1c(CC(=O)c2cncc(F)c2)cc(Cl)cc1CN1CCN(C(=O)[C@@H]2CCCCO2)[C@@H](C)C1. The molecule has 0 aliphatic carbocycles. The number of Topliss-reactive ketones (excluding diaryl/α,β-unsaturated/α-hetero) is 1. The highest BCUT2D eigenvalue weighted by Gasteiger charge is 2.33. The number of rotatable bonds is 6. The minimum absolute atomic E-state index is 0.0905. The first-order chi connectivity index (χ1) is 16.3. The molecule has 2 aliphatic rings. The number of hydrogen-bond acceptors (Lipinski definition) is 5. The van der Waals surface area contributed by atoms with Crippen molar-refractivity contribution in [3.05, 3.63) is 63.7 Å². The van der Waals surface area contributed by atoms with E-state index in [9.17, 15) is 14.0 Å². The van der Waals surface area contributed by atoms with Crippen LogP contribution in [-0.4, -0.2) is 64.9 Å². The molecule has 0 unspecified atom stereocenters. The van der Waals surface area contributed by atoms with Crippen LogP contribution in [0.3, 0.4) is 0 Å². The molecule has 2 aliphatic heterocycles. The number of ether oxygens (including phenoxy) is 1. The van der Waals surface area contributed by atoms with Crippen LogP contribution in [0.1, 0.15) is 53.2 Å². The van der Waals surface area contributed by atoms with Crippen LogP contribution in [0, 0.1) is 12.7 Å². The monoisotopic (exact) mass is 487 g/mol. The molecule has 0 saturated carbocycles. The maximum atomic E-state index is 13.5. The fraction of sp³-hybridized carbons (Fsp3) is 0.500. The minimum Gasteiger partial charge on any atom is -0.368 e. The van der Waals surface area contributed by atoms with Crippen molar-refractivity contribution in [3.63, 3.8) is 0 Å². The first kappa shape index (κ1) is 24.8. The van der Waals surface area contributed by atoms with E-state index >= 15 is 0 Å². The minimum atomic E-state index is -0.531. The van der Waals surface area contributed by atoms with Crippen LogP contribution in [0.4, 0.5) is 4.39 Å². The van der Waals surface area contributed by atoms with Gasteiger partial charge in [-0.2, -0.15) is 0 Å². The lowest BCUT2D eigenvalue weighted by Gasteiger charge is -2.41. The Morgan fingerprint density at radius 1 is 1.18 bits per heavy atom. The molecule has 1 amide bonds. The lowest BCUT2D eigenvalue weighted by molar-refractivity contribution is -0.151. The summed E-state index contributed by atoms with van der Waals surface area (Å²) in [4.78, 5) is 33.7. The van der Waals surface area contributed by atoms with Crippen LogP contribution in [0.2, 0.25) is 5.02 Å². The topological polar surface area (TPSA) is 62.7 Å². The molecule has 182 valence electrons. The van der Waals surface area contributed by atoms with Crippen LogP contribution in [0.5, 0.6) is 0 Å². The van der Waals surface area contributed by atoms with E-state index in [4.69, 9.17) is 16.3 Å². The molecule has 1 aromatic heterocycles. The summed E-state index contributed by atoms with van der Waals surface area (Å²) in [6.07, 6.45) is 5.16. The highest BCUT2D eigenvalue weighted by Crippen LogP contribution is 2.25. The third-order valence-electron chi connectivity index (χ3n) is 6.81. The Hall–Kier alpha value is -2.35. The van der Waals surface area contributed by atoms with Crippen molar-refractivity contribution in [1.82, 2.24) is 14.8 Å². The Balaban J connectivity index is 1.41. The number of pyridine rings is 1. The number of amides is 1. The predicted molar refractivity (Wildman–Crippen MR) is 128 cm³/mol. The first-order valence-corrected chi connectivity index (χ1v) is 12.3. The largest absolute Gasteiger partial charge is 0.368 e. The van der Waals surface area contributed by atoms with Gasteiger partial charge in [-0.15, -0.1) is 0 Å². The molecule has 0 N–H and O–H groups in total. The van der Waals surface area contributed by atoms with Crippen LogP contribution in [-0.2, 0) is 22.5 Å². The van der Waals surface area contributed by atoms with Gasteiger partial charge in [0.15, 0.2) is 5.78 Å². The van der Waals surface area contributed by atoms with E-state index in [1.54, 1.807) is 6.07 Å². The molecule has 0 spiro atoms. The smallest absolute Gasteiger partial charge is 0.252 e. The third-order valence-corrected chi connectivity index (χ3v) is 7.03. The summed E-state index contributed by atoms with van der Waals surface area (Å²) in [5, 5.41) is 0.567. The van der Waals surface area contributed by atoms with Crippen molar-refractivity contribution >= 4 is 23.3 Å². The number of carbonyl (C=O) groups excluding carboxylic acids is 2. The molecule has 0 radical (unpaired) electrons. The fourth-order valence-electron chi connectivity index (χ4n) is 4.85. The Bertz CT molecular complexity index is 1060. The Labute approximate surface area is 205 Å². The zero-order valence-electron chi connectivity index (χ0n) is 19.7. The van der Waals surface area contributed by atoms with E-state index in [2.05, 4.69) is 16.8 Å². The number of ketones is 1. The van der Waals surface area contributed by atoms with Gasteiger partial charge in [0, 0.05) is 62.0 Å². The number of aromatic nitrogens is 1. The van der Waals surface area contributed by atoms with Gasteiger partial charge in [-0.25, -0.2) is 4.39 Å². The Kier molecular flexibility index (Phi) is 7.96. The summed E-state index contributed by atoms with van der Waals surface area (Å²) in [6, 6.07) is 5.03. The van der Waals surface area contributed by atoms with E-state index in [1.807, 2.05) is 17.9 Å². The quantitative estimate of drug-likeness (QED) is 0.571. The lowest BCUT2D eigenvalue weighted by atomic mass is 9.96. The maximum Gasteiger partial charge on any atom is 0.252 e. The predicted octanol–water partition coefficient (Wildman–Crippen LogP) is 4.21. The molecule has 2 aromatic rings. The van der Waals surface area contributed by atoms with Crippen molar-refractivity contribution in [2.45, 2.75) is 58.2 Å². The average Bonchev–Trinajstić information content (AvgIpc) is 2.82. The van der Waals surface area contributed by atoms with Gasteiger partial charge in [0.05, 0.1) is 6.20 Å². The van der Waals surface area contributed by atoms with Gasteiger partial charge in [0.25, 0.3) is 5.91 Å². The second-order valence-electron chi connectivity index (χ2n) is 9.31. The molecule has 8 heteroatoms. The Morgan fingerprint density at radius 2 is 1.97 bits per heavy atom. The van der Waals surface area contributed by atoms with Crippen LogP contribution in [0.15, 0.2) is 30.6 Å². The van der Waals surface area contributed by atoms with Gasteiger partial charge in [0.2, 0.25) is 0 Å². The maximum absolute atomic E-state index is 13.5. The Morgan fingerprint density at radius 3 is 2.68 bits per heavy atom. The molecule has 2 fully saturated rings. The number of nitrogens with zero attached hydrogens (tertiary/aromatic N) is 3. The highest BCUT2D eigenvalue weighted by atomic mass is 35.5. The van der Waals surface area contributed by atoms with E-state index in [-0.39, 0.29) is 35.8 Å². The van der Waals surface area contributed by atoms with Crippen LogP contribution >= 0.6 is 11.6 Å². The number of halogens is 2. The molecule has 4 rings (SSSR count). The number of hydrogen-bond donors (Lipinski definition) is 0. The zero-order valence-corrected chi connectivity index (χ0v) is 20.5. The second-order valence-corrected chi connectivity index (χ2v) is 9.75. The van der Waals surface area contributed by atoms with Gasteiger partial charge in [0.1, 0.15) is 11.9 Å². The van der Waals surface area contributed by atoms with E-state index < -0.39 is 5.82 Å². The molecule has 34 heavy (non-hydrogen) atoms. The van der Waals surface area contributed by atoms with Crippen molar-refractivity contribution in [3.8, 4) is 0 Å². The van der Waals surface area contributed by atoms with Gasteiger partial charge in [-0.1, -0.05) is 11.6 Å². The average molecular weight is 488 g/mol. The standard InChI is InChI=1S/C26H31ClFN3O3/c1-17-15-30(6-7-31(17)26(33)25-5-3-4-8-34-25)16-21-10-22(27)9-19(18(21)2)12-24(32)20-11-23(28)14-29-13-20/h9-11,13-14,17,25H,3-8,12,15-16H2,1-2H3/t17-,25-/m0/s1. The molecular weight excluding hydrogens is 457 g/mol. The summed E-state index contributed by atoms with van der Waals surface area (Å²) >= 11 is 6.40. The molecule has 2 saturated heterocycles. The van der Waals surface area contributed by atoms with Crippen LogP contribution < -0.4 is 0 Å². The summed E-state index contributed by atoms with van der Waals surface area (Å²) in [5.41, 5.74) is 3.13. The number of carbonyl (C=O) groups is 2. The summed E-state index contributed by atoms with van der Waals surface area (Å²) in [6.45, 7) is 7.60. The van der Waals surface area contributed by atoms with E-state index in [0.717, 1.165) is 55.2 Å².